The van der Waals surface area contributed by atoms with Crippen LogP contribution in [0.3, 0.4) is 0 Å². The molecule has 0 aliphatic carbocycles. The van der Waals surface area contributed by atoms with Gasteiger partial charge in [0.2, 0.25) is 0 Å². The van der Waals surface area contributed by atoms with E-state index >= 15 is 0 Å². The van der Waals surface area contributed by atoms with Crippen LogP contribution >= 0.6 is 22.9 Å². The largest absolute Gasteiger partial charge is 0.378 e. The summed E-state index contributed by atoms with van der Waals surface area (Å²) in [7, 11) is 1.67. The van der Waals surface area contributed by atoms with Crippen LogP contribution in [0.4, 0.5) is 0 Å². The standard InChI is InChI=1S/C14H14ClNO2S/c1-16(9-11-7-8-12(15)19-11)14(18)13(17)10-5-3-2-4-6-10/h2-8,13,17H,9H2,1H3. The molecule has 1 heterocycles. The molecule has 19 heavy (non-hydrogen) atoms. The summed E-state index contributed by atoms with van der Waals surface area (Å²) in [5.41, 5.74) is 0.601. The fraction of sp³-hybridized carbons (Fsp3) is 0.214. The number of likely N-dealkylation sites (N-methyl/N-ethyl adjacent to an activating group) is 1. The third-order valence-electron chi connectivity index (χ3n) is 2.75. The van der Waals surface area contributed by atoms with Crippen molar-refractivity contribution in [3.63, 3.8) is 0 Å². The maximum Gasteiger partial charge on any atom is 0.256 e. The number of carbonyl (C=O) groups is 1. The van der Waals surface area contributed by atoms with Crippen LogP contribution in [0.5, 0.6) is 0 Å². The van der Waals surface area contributed by atoms with Crippen LogP contribution in [0.1, 0.15) is 16.5 Å². The van der Waals surface area contributed by atoms with Crippen LogP contribution in [0, 0.1) is 0 Å². The summed E-state index contributed by atoms with van der Waals surface area (Å²) < 4.78 is 0.694. The summed E-state index contributed by atoms with van der Waals surface area (Å²) in [6.07, 6.45) is -1.12. The highest BCUT2D eigenvalue weighted by Crippen LogP contribution is 2.23. The van der Waals surface area contributed by atoms with Gasteiger partial charge in [-0.3, -0.25) is 4.79 Å². The summed E-state index contributed by atoms with van der Waals surface area (Å²) in [6.45, 7) is 0.445. The Hall–Kier alpha value is -1.36. The molecule has 0 bridgehead atoms. The Balaban J connectivity index is 2.03. The number of thiophene rings is 1. The zero-order valence-electron chi connectivity index (χ0n) is 10.4. The van der Waals surface area contributed by atoms with Crippen LogP contribution in [0.2, 0.25) is 4.34 Å². The van der Waals surface area contributed by atoms with Gasteiger partial charge in [-0.1, -0.05) is 41.9 Å². The van der Waals surface area contributed by atoms with E-state index in [2.05, 4.69) is 0 Å². The minimum atomic E-state index is -1.12. The Bertz CT molecular complexity index is 556. The molecular weight excluding hydrogens is 282 g/mol. The first-order valence-corrected chi connectivity index (χ1v) is 6.99. The molecule has 0 aliphatic heterocycles. The third-order valence-corrected chi connectivity index (χ3v) is 3.96. The fourth-order valence-corrected chi connectivity index (χ4v) is 2.88. The highest BCUT2D eigenvalue weighted by atomic mass is 35.5. The van der Waals surface area contributed by atoms with Gasteiger partial charge in [-0.15, -0.1) is 11.3 Å². The van der Waals surface area contributed by atoms with Crippen molar-refractivity contribution in [3.05, 3.63) is 57.2 Å². The molecule has 0 radical (unpaired) electrons. The molecule has 0 aliphatic rings. The molecule has 2 aromatic rings. The van der Waals surface area contributed by atoms with E-state index in [1.807, 2.05) is 12.1 Å². The Labute approximate surface area is 121 Å². The Morgan fingerprint density at radius 3 is 2.58 bits per heavy atom. The first-order chi connectivity index (χ1) is 9.08. The molecule has 0 saturated heterocycles. The Morgan fingerprint density at radius 2 is 2.00 bits per heavy atom. The van der Waals surface area contributed by atoms with Gasteiger partial charge >= 0.3 is 0 Å². The summed E-state index contributed by atoms with van der Waals surface area (Å²) in [5.74, 6) is -0.323. The van der Waals surface area contributed by atoms with Crippen molar-refractivity contribution in [2.75, 3.05) is 7.05 Å². The second-order valence-electron chi connectivity index (χ2n) is 4.21. The van der Waals surface area contributed by atoms with E-state index in [1.54, 1.807) is 37.4 Å². The van der Waals surface area contributed by atoms with Gasteiger partial charge in [0.15, 0.2) is 6.10 Å². The molecule has 3 nitrogen and oxygen atoms in total. The van der Waals surface area contributed by atoms with Gasteiger partial charge in [-0.2, -0.15) is 0 Å². The van der Waals surface area contributed by atoms with E-state index in [1.165, 1.54) is 16.2 Å². The number of benzene rings is 1. The van der Waals surface area contributed by atoms with Crippen molar-refractivity contribution in [3.8, 4) is 0 Å². The lowest BCUT2D eigenvalue weighted by molar-refractivity contribution is -0.139. The number of hydrogen-bond donors (Lipinski definition) is 1. The fourth-order valence-electron chi connectivity index (χ4n) is 1.74. The number of hydrogen-bond acceptors (Lipinski definition) is 3. The Kier molecular flexibility index (Phi) is 4.58. The molecule has 0 saturated carbocycles. The van der Waals surface area contributed by atoms with Gasteiger partial charge in [0.1, 0.15) is 0 Å². The van der Waals surface area contributed by atoms with Gasteiger partial charge in [-0.05, 0) is 17.7 Å². The first-order valence-electron chi connectivity index (χ1n) is 5.80. The number of halogens is 1. The van der Waals surface area contributed by atoms with E-state index in [0.29, 0.717) is 16.4 Å². The van der Waals surface area contributed by atoms with E-state index in [4.69, 9.17) is 11.6 Å². The molecule has 2 rings (SSSR count). The zero-order valence-corrected chi connectivity index (χ0v) is 12.0. The smallest absolute Gasteiger partial charge is 0.256 e. The molecule has 0 spiro atoms. The van der Waals surface area contributed by atoms with Gasteiger partial charge in [-0.25, -0.2) is 0 Å². The van der Waals surface area contributed by atoms with Crippen molar-refractivity contribution in [1.82, 2.24) is 4.90 Å². The van der Waals surface area contributed by atoms with Gasteiger partial charge in [0.05, 0.1) is 10.9 Å². The average Bonchev–Trinajstić information content (AvgIpc) is 2.83. The Morgan fingerprint density at radius 1 is 1.32 bits per heavy atom. The molecule has 1 aromatic carbocycles. The summed E-state index contributed by atoms with van der Waals surface area (Å²) >= 11 is 7.28. The molecule has 100 valence electrons. The van der Waals surface area contributed by atoms with E-state index in [9.17, 15) is 9.90 Å². The topological polar surface area (TPSA) is 40.5 Å². The molecule has 1 atom stereocenters. The molecule has 0 fully saturated rings. The maximum atomic E-state index is 12.1. The van der Waals surface area contributed by atoms with E-state index in [-0.39, 0.29) is 5.91 Å². The number of nitrogens with zero attached hydrogens (tertiary/aromatic N) is 1. The van der Waals surface area contributed by atoms with Gasteiger partial charge in [0.25, 0.3) is 5.91 Å². The lowest BCUT2D eigenvalue weighted by Crippen LogP contribution is -2.31. The predicted octanol–water partition coefficient (Wildman–Crippen LogP) is 3.09. The average molecular weight is 296 g/mol. The van der Waals surface area contributed by atoms with Crippen LogP contribution in [0.25, 0.3) is 0 Å². The monoisotopic (exact) mass is 295 g/mol. The summed E-state index contributed by atoms with van der Waals surface area (Å²) in [6, 6.07) is 12.6. The first kappa shape index (κ1) is 14.1. The second kappa shape index (κ2) is 6.19. The zero-order chi connectivity index (χ0) is 13.8. The molecular formula is C14H14ClNO2S. The molecule has 1 aromatic heterocycles. The number of carbonyl (C=O) groups excluding carboxylic acids is 1. The lowest BCUT2D eigenvalue weighted by atomic mass is 10.1. The van der Waals surface area contributed by atoms with E-state index < -0.39 is 6.10 Å². The molecule has 1 unspecified atom stereocenters. The highest BCUT2D eigenvalue weighted by molar-refractivity contribution is 7.16. The quantitative estimate of drug-likeness (QED) is 0.941. The highest BCUT2D eigenvalue weighted by Gasteiger charge is 2.21. The number of aliphatic hydroxyl groups excluding tert-OH is 1. The van der Waals surface area contributed by atoms with Crippen molar-refractivity contribution in [1.29, 1.82) is 0 Å². The number of aliphatic hydroxyl groups is 1. The number of rotatable bonds is 4. The van der Waals surface area contributed by atoms with Crippen LogP contribution in [0.15, 0.2) is 42.5 Å². The lowest BCUT2D eigenvalue weighted by Gasteiger charge is -2.20. The summed E-state index contributed by atoms with van der Waals surface area (Å²) in [4.78, 5) is 14.6. The molecule has 1 amide bonds. The van der Waals surface area contributed by atoms with Crippen LogP contribution < -0.4 is 0 Å². The van der Waals surface area contributed by atoms with Gasteiger partial charge < -0.3 is 10.0 Å². The minimum absolute atomic E-state index is 0.323. The van der Waals surface area contributed by atoms with Crippen LogP contribution in [-0.4, -0.2) is 23.0 Å². The van der Waals surface area contributed by atoms with Crippen molar-refractivity contribution < 1.29 is 9.90 Å². The van der Waals surface area contributed by atoms with E-state index in [0.717, 1.165) is 4.88 Å². The third kappa shape index (κ3) is 3.56. The van der Waals surface area contributed by atoms with Crippen molar-refractivity contribution >= 4 is 28.8 Å². The number of amides is 1. The maximum absolute atomic E-state index is 12.1. The van der Waals surface area contributed by atoms with Crippen molar-refractivity contribution in [2.24, 2.45) is 0 Å². The normalized spacial score (nSPS) is 12.2. The predicted molar refractivity (Wildman–Crippen MR) is 77.2 cm³/mol. The summed E-state index contributed by atoms with van der Waals surface area (Å²) in [5, 5.41) is 10.0. The molecule has 5 heteroatoms. The van der Waals surface area contributed by atoms with Crippen LogP contribution in [-0.2, 0) is 11.3 Å². The second-order valence-corrected chi connectivity index (χ2v) is 6.01. The SMILES string of the molecule is CN(Cc1ccc(Cl)s1)C(=O)C(O)c1ccccc1. The minimum Gasteiger partial charge on any atom is -0.378 e. The molecule has 1 N–H and O–H groups in total. The van der Waals surface area contributed by atoms with Crippen molar-refractivity contribution in [2.45, 2.75) is 12.6 Å². The van der Waals surface area contributed by atoms with Gasteiger partial charge in [0, 0.05) is 11.9 Å².